The van der Waals surface area contributed by atoms with Crippen molar-refractivity contribution in [3.63, 3.8) is 0 Å². The maximum absolute atomic E-state index is 13.2. The van der Waals surface area contributed by atoms with Gasteiger partial charge in [-0.25, -0.2) is 13.1 Å². The number of hydrogen-bond donors (Lipinski definition) is 1. The van der Waals surface area contributed by atoms with Crippen molar-refractivity contribution < 1.29 is 17.9 Å². The zero-order valence-corrected chi connectivity index (χ0v) is 18.9. The molecule has 0 fully saturated rings. The highest BCUT2D eigenvalue weighted by atomic mass is 32.2. The summed E-state index contributed by atoms with van der Waals surface area (Å²) in [5, 5.41) is 0. The van der Waals surface area contributed by atoms with E-state index in [1.807, 2.05) is 43.3 Å². The molecule has 0 aliphatic carbocycles. The first-order valence-electron chi connectivity index (χ1n) is 10.5. The molecule has 0 saturated carbocycles. The molecule has 1 aliphatic rings. The van der Waals surface area contributed by atoms with Crippen LogP contribution >= 0.6 is 0 Å². The number of carbonyl (C=O) groups is 1. The Morgan fingerprint density at radius 3 is 2.44 bits per heavy atom. The van der Waals surface area contributed by atoms with Crippen molar-refractivity contribution in [2.24, 2.45) is 0 Å². The molecule has 0 spiro atoms. The van der Waals surface area contributed by atoms with Crippen LogP contribution in [0.5, 0.6) is 5.75 Å². The summed E-state index contributed by atoms with van der Waals surface area (Å²) in [6, 6.07) is 22.0. The molecule has 0 saturated heterocycles. The first-order valence-corrected chi connectivity index (χ1v) is 12.1. The van der Waals surface area contributed by atoms with Crippen LogP contribution in [0.15, 0.2) is 72.8 Å². The molecule has 6 nitrogen and oxygen atoms in total. The van der Waals surface area contributed by atoms with Gasteiger partial charge in [-0.3, -0.25) is 4.79 Å². The van der Waals surface area contributed by atoms with Gasteiger partial charge in [0.15, 0.2) is 0 Å². The molecule has 0 unspecified atom stereocenters. The van der Waals surface area contributed by atoms with Crippen LogP contribution in [0.4, 0.5) is 5.69 Å². The van der Waals surface area contributed by atoms with Crippen LogP contribution in [0.25, 0.3) is 0 Å². The Labute approximate surface area is 188 Å². The summed E-state index contributed by atoms with van der Waals surface area (Å²) >= 11 is 0. The molecule has 0 aromatic heterocycles. The minimum absolute atomic E-state index is 0.0182. The monoisotopic (exact) mass is 450 g/mol. The fraction of sp³-hybridized carbons (Fsp3) is 0.240. The molecule has 1 N–H and O–H groups in total. The van der Waals surface area contributed by atoms with Gasteiger partial charge in [-0.2, -0.15) is 0 Å². The molecule has 1 atom stereocenters. The van der Waals surface area contributed by atoms with Crippen molar-refractivity contribution in [2.45, 2.75) is 31.7 Å². The number of nitrogens with one attached hydrogen (secondary N) is 1. The number of ether oxygens (including phenoxy) is 1. The van der Waals surface area contributed by atoms with Gasteiger partial charge in [-0.05, 0) is 60.4 Å². The van der Waals surface area contributed by atoms with Gasteiger partial charge < -0.3 is 9.64 Å². The third-order valence-electron chi connectivity index (χ3n) is 5.62. The standard InChI is InChI=1S/C25H26N2O4S/c1-18-14-22-9-8-20(16-26-32(29,30)17-19-6-4-3-5-7-19)15-24(22)27(18)25(28)21-10-12-23(31-2)13-11-21/h3-13,15,18,26H,14,16-17H2,1-2H3/t18-/m0/s1. The van der Waals surface area contributed by atoms with Gasteiger partial charge in [-0.1, -0.05) is 42.5 Å². The first kappa shape index (κ1) is 22.0. The van der Waals surface area contributed by atoms with E-state index >= 15 is 0 Å². The summed E-state index contributed by atoms with van der Waals surface area (Å²) in [5.41, 5.74) is 4.04. The molecule has 1 amide bonds. The molecular formula is C25H26N2O4S. The third-order valence-corrected chi connectivity index (χ3v) is 6.91. The number of carbonyl (C=O) groups excluding carboxylic acids is 1. The maximum atomic E-state index is 13.2. The minimum Gasteiger partial charge on any atom is -0.497 e. The van der Waals surface area contributed by atoms with E-state index in [1.165, 1.54) is 0 Å². The number of methoxy groups -OCH3 is 1. The van der Waals surface area contributed by atoms with E-state index in [4.69, 9.17) is 4.74 Å². The molecule has 4 rings (SSSR count). The van der Waals surface area contributed by atoms with Gasteiger partial charge in [0.25, 0.3) is 5.91 Å². The average molecular weight is 451 g/mol. The lowest BCUT2D eigenvalue weighted by molar-refractivity contribution is 0.0981. The van der Waals surface area contributed by atoms with Gasteiger partial charge in [0.2, 0.25) is 10.0 Å². The van der Waals surface area contributed by atoms with Crippen LogP contribution in [0.2, 0.25) is 0 Å². The Bertz CT molecular complexity index is 1210. The van der Waals surface area contributed by atoms with E-state index in [9.17, 15) is 13.2 Å². The van der Waals surface area contributed by atoms with Crippen LogP contribution in [0.3, 0.4) is 0 Å². The smallest absolute Gasteiger partial charge is 0.258 e. The Morgan fingerprint density at radius 1 is 1.03 bits per heavy atom. The van der Waals surface area contributed by atoms with Crippen molar-refractivity contribution in [2.75, 3.05) is 12.0 Å². The molecule has 0 radical (unpaired) electrons. The second kappa shape index (κ2) is 9.14. The summed E-state index contributed by atoms with van der Waals surface area (Å²) in [6.07, 6.45) is 0.761. The lowest BCUT2D eigenvalue weighted by Crippen LogP contribution is -2.35. The van der Waals surface area contributed by atoms with Crippen LogP contribution in [0, 0.1) is 0 Å². The van der Waals surface area contributed by atoms with Crippen molar-refractivity contribution in [1.29, 1.82) is 0 Å². The second-order valence-electron chi connectivity index (χ2n) is 7.99. The Kier molecular flexibility index (Phi) is 6.30. The fourth-order valence-electron chi connectivity index (χ4n) is 3.98. The van der Waals surface area contributed by atoms with E-state index in [0.717, 1.165) is 28.8 Å². The van der Waals surface area contributed by atoms with Crippen molar-refractivity contribution in [3.05, 3.63) is 95.1 Å². The average Bonchev–Trinajstić information content (AvgIpc) is 3.12. The minimum atomic E-state index is -3.48. The molecule has 3 aromatic rings. The van der Waals surface area contributed by atoms with E-state index in [-0.39, 0.29) is 24.2 Å². The maximum Gasteiger partial charge on any atom is 0.258 e. The van der Waals surface area contributed by atoms with Crippen LogP contribution in [-0.4, -0.2) is 27.5 Å². The SMILES string of the molecule is COc1ccc(C(=O)N2c3cc(CNS(=O)(=O)Cc4ccccc4)ccc3C[C@@H]2C)cc1. The molecule has 32 heavy (non-hydrogen) atoms. The van der Waals surface area contributed by atoms with Crippen LogP contribution in [0.1, 0.15) is 34.0 Å². The number of anilines is 1. The molecule has 0 bridgehead atoms. The Hall–Kier alpha value is -3.16. The Morgan fingerprint density at radius 2 is 1.75 bits per heavy atom. The number of amides is 1. The van der Waals surface area contributed by atoms with Gasteiger partial charge in [0.1, 0.15) is 5.75 Å². The molecule has 1 heterocycles. The quantitative estimate of drug-likeness (QED) is 0.592. The van der Waals surface area contributed by atoms with Crippen LogP contribution < -0.4 is 14.4 Å². The first-order chi connectivity index (χ1) is 15.4. The fourth-order valence-corrected chi connectivity index (χ4v) is 5.10. The van der Waals surface area contributed by atoms with Gasteiger partial charge in [0.05, 0.1) is 12.9 Å². The van der Waals surface area contributed by atoms with E-state index in [1.54, 1.807) is 48.4 Å². The van der Waals surface area contributed by atoms with Gasteiger partial charge in [-0.15, -0.1) is 0 Å². The number of hydrogen-bond acceptors (Lipinski definition) is 4. The highest BCUT2D eigenvalue weighted by molar-refractivity contribution is 7.88. The third kappa shape index (κ3) is 4.84. The van der Waals surface area contributed by atoms with E-state index in [0.29, 0.717) is 11.3 Å². The van der Waals surface area contributed by atoms with Gasteiger partial charge >= 0.3 is 0 Å². The topological polar surface area (TPSA) is 75.7 Å². The largest absolute Gasteiger partial charge is 0.497 e. The lowest BCUT2D eigenvalue weighted by atomic mass is 10.1. The number of fused-ring (bicyclic) bond motifs is 1. The van der Waals surface area contributed by atoms with E-state index < -0.39 is 10.0 Å². The highest BCUT2D eigenvalue weighted by Crippen LogP contribution is 2.34. The van der Waals surface area contributed by atoms with Crippen molar-refractivity contribution in [1.82, 2.24) is 4.72 Å². The molecule has 3 aromatic carbocycles. The molecule has 7 heteroatoms. The van der Waals surface area contributed by atoms with Gasteiger partial charge in [0, 0.05) is 23.8 Å². The summed E-state index contributed by atoms with van der Waals surface area (Å²) in [5.74, 6) is 0.542. The summed E-state index contributed by atoms with van der Waals surface area (Å²) in [4.78, 5) is 15.0. The molecular weight excluding hydrogens is 424 g/mol. The summed E-state index contributed by atoms with van der Waals surface area (Å²) in [6.45, 7) is 2.19. The van der Waals surface area contributed by atoms with Crippen LogP contribution in [-0.2, 0) is 28.7 Å². The van der Waals surface area contributed by atoms with Crippen molar-refractivity contribution >= 4 is 21.6 Å². The molecule has 1 aliphatic heterocycles. The highest BCUT2D eigenvalue weighted by Gasteiger charge is 2.31. The second-order valence-corrected chi connectivity index (χ2v) is 9.79. The number of nitrogens with zero attached hydrogens (tertiary/aromatic N) is 1. The summed E-state index contributed by atoms with van der Waals surface area (Å²) in [7, 11) is -1.89. The van der Waals surface area contributed by atoms with Crippen molar-refractivity contribution in [3.8, 4) is 5.75 Å². The summed E-state index contributed by atoms with van der Waals surface area (Å²) < 4.78 is 32.8. The predicted molar refractivity (Wildman–Crippen MR) is 125 cm³/mol. The number of rotatable bonds is 7. The lowest BCUT2D eigenvalue weighted by Gasteiger charge is -2.23. The number of benzene rings is 3. The molecule has 166 valence electrons. The van der Waals surface area contributed by atoms with E-state index in [2.05, 4.69) is 4.72 Å². The predicted octanol–water partition coefficient (Wildman–Crippen LogP) is 3.91. The zero-order chi connectivity index (χ0) is 22.7. The number of sulfonamides is 1. The normalized spacial score (nSPS) is 15.4. The Balaban J connectivity index is 1.50. The zero-order valence-electron chi connectivity index (χ0n) is 18.1.